The number of piperazine rings is 1. The molecule has 0 saturated carbocycles. The SMILES string of the molecule is CC.Cc1cccc2cc(N3CCN(C)CC3)ncc12. The number of likely N-dealkylation sites (N-methyl/N-ethyl adjacent to an activating group) is 1. The third-order valence-corrected chi connectivity index (χ3v) is 3.80. The minimum atomic E-state index is 1.07. The highest BCUT2D eigenvalue weighted by Crippen LogP contribution is 2.22. The minimum Gasteiger partial charge on any atom is -0.354 e. The maximum absolute atomic E-state index is 4.62. The molecule has 0 spiro atoms. The van der Waals surface area contributed by atoms with Crippen LogP contribution in [0.2, 0.25) is 0 Å². The summed E-state index contributed by atoms with van der Waals surface area (Å²) in [6.07, 6.45) is 2.01. The van der Waals surface area contributed by atoms with Crippen molar-refractivity contribution in [2.75, 3.05) is 38.1 Å². The molecule has 1 saturated heterocycles. The first kappa shape index (κ1) is 14.8. The van der Waals surface area contributed by atoms with Crippen LogP contribution in [0, 0.1) is 6.92 Å². The summed E-state index contributed by atoms with van der Waals surface area (Å²) in [7, 11) is 2.18. The molecule has 1 aliphatic rings. The van der Waals surface area contributed by atoms with Gasteiger partial charge in [0.15, 0.2) is 0 Å². The van der Waals surface area contributed by atoms with Gasteiger partial charge in [-0.05, 0) is 31.0 Å². The number of benzene rings is 1. The van der Waals surface area contributed by atoms with Gasteiger partial charge in [-0.3, -0.25) is 0 Å². The predicted molar refractivity (Wildman–Crippen MR) is 87.5 cm³/mol. The summed E-state index contributed by atoms with van der Waals surface area (Å²) < 4.78 is 0. The van der Waals surface area contributed by atoms with Crippen molar-refractivity contribution in [2.24, 2.45) is 0 Å². The Balaban J connectivity index is 0.000000704. The van der Waals surface area contributed by atoms with Gasteiger partial charge in [0.05, 0.1) is 0 Å². The number of fused-ring (bicyclic) bond motifs is 1. The van der Waals surface area contributed by atoms with Gasteiger partial charge in [0, 0.05) is 37.8 Å². The van der Waals surface area contributed by atoms with Crippen molar-refractivity contribution in [1.82, 2.24) is 9.88 Å². The Morgan fingerprint density at radius 2 is 1.75 bits per heavy atom. The third kappa shape index (κ3) is 3.10. The topological polar surface area (TPSA) is 19.4 Å². The summed E-state index contributed by atoms with van der Waals surface area (Å²) in [5.41, 5.74) is 1.30. The quantitative estimate of drug-likeness (QED) is 0.793. The van der Waals surface area contributed by atoms with E-state index in [1.54, 1.807) is 0 Å². The van der Waals surface area contributed by atoms with Crippen LogP contribution in [0.4, 0.5) is 5.82 Å². The van der Waals surface area contributed by atoms with E-state index in [-0.39, 0.29) is 0 Å². The third-order valence-electron chi connectivity index (χ3n) is 3.80. The molecule has 3 nitrogen and oxygen atoms in total. The fraction of sp³-hybridized carbons (Fsp3) is 0.471. The lowest BCUT2D eigenvalue weighted by atomic mass is 10.1. The van der Waals surface area contributed by atoms with Gasteiger partial charge in [-0.15, -0.1) is 0 Å². The van der Waals surface area contributed by atoms with Gasteiger partial charge in [0.1, 0.15) is 5.82 Å². The fourth-order valence-corrected chi connectivity index (χ4v) is 2.52. The number of rotatable bonds is 1. The molecule has 3 heteroatoms. The van der Waals surface area contributed by atoms with Crippen molar-refractivity contribution in [3.8, 4) is 0 Å². The number of hydrogen-bond donors (Lipinski definition) is 0. The molecule has 0 unspecified atom stereocenters. The van der Waals surface area contributed by atoms with Gasteiger partial charge in [-0.25, -0.2) is 4.98 Å². The second-order valence-electron chi connectivity index (χ2n) is 5.13. The smallest absolute Gasteiger partial charge is 0.129 e. The Labute approximate surface area is 122 Å². The van der Waals surface area contributed by atoms with E-state index < -0.39 is 0 Å². The van der Waals surface area contributed by atoms with Crippen LogP contribution in [-0.4, -0.2) is 43.1 Å². The van der Waals surface area contributed by atoms with Crippen molar-refractivity contribution in [3.05, 3.63) is 36.0 Å². The van der Waals surface area contributed by atoms with Crippen molar-refractivity contribution < 1.29 is 0 Å². The molecule has 2 aromatic rings. The van der Waals surface area contributed by atoms with Gasteiger partial charge >= 0.3 is 0 Å². The van der Waals surface area contributed by atoms with Crippen LogP contribution in [0.5, 0.6) is 0 Å². The van der Waals surface area contributed by atoms with Crippen molar-refractivity contribution in [3.63, 3.8) is 0 Å². The van der Waals surface area contributed by atoms with E-state index in [0.29, 0.717) is 0 Å². The first-order chi connectivity index (χ1) is 9.74. The minimum absolute atomic E-state index is 1.07. The molecule has 0 atom stereocenters. The Morgan fingerprint density at radius 1 is 1.05 bits per heavy atom. The normalized spacial score (nSPS) is 15.9. The van der Waals surface area contributed by atoms with E-state index in [0.717, 1.165) is 32.0 Å². The van der Waals surface area contributed by atoms with E-state index in [1.165, 1.54) is 16.3 Å². The number of aromatic nitrogens is 1. The van der Waals surface area contributed by atoms with Crippen molar-refractivity contribution >= 4 is 16.6 Å². The Kier molecular flexibility index (Phi) is 4.96. The second-order valence-corrected chi connectivity index (χ2v) is 5.13. The standard InChI is InChI=1S/C15H19N3.C2H6/c1-12-4-3-5-13-10-15(16-11-14(12)13)18-8-6-17(2)7-9-18;1-2/h3-5,10-11H,6-9H2,1-2H3;1-2H3. The van der Waals surface area contributed by atoms with Crippen LogP contribution in [-0.2, 0) is 0 Å². The highest BCUT2D eigenvalue weighted by Gasteiger charge is 2.15. The number of pyridine rings is 1. The van der Waals surface area contributed by atoms with Gasteiger partial charge in [-0.2, -0.15) is 0 Å². The zero-order chi connectivity index (χ0) is 14.5. The lowest BCUT2D eigenvalue weighted by Gasteiger charge is -2.33. The van der Waals surface area contributed by atoms with Gasteiger partial charge < -0.3 is 9.80 Å². The Bertz CT molecular complexity index is 557. The first-order valence-corrected chi connectivity index (χ1v) is 7.53. The van der Waals surface area contributed by atoms with Crippen LogP contribution in [0.1, 0.15) is 19.4 Å². The average Bonchev–Trinajstić information content (AvgIpc) is 2.50. The molecular formula is C17H25N3. The molecule has 0 amide bonds. The molecule has 0 N–H and O–H groups in total. The maximum Gasteiger partial charge on any atom is 0.129 e. The molecular weight excluding hydrogens is 246 g/mol. The largest absolute Gasteiger partial charge is 0.354 e. The summed E-state index contributed by atoms with van der Waals surface area (Å²) in [5, 5.41) is 2.55. The Morgan fingerprint density at radius 3 is 2.45 bits per heavy atom. The van der Waals surface area contributed by atoms with E-state index >= 15 is 0 Å². The van der Waals surface area contributed by atoms with Crippen LogP contribution in [0.3, 0.4) is 0 Å². The molecule has 1 aliphatic heterocycles. The molecule has 1 aromatic carbocycles. The van der Waals surface area contributed by atoms with Crippen molar-refractivity contribution in [2.45, 2.75) is 20.8 Å². The summed E-state index contributed by atoms with van der Waals surface area (Å²) in [5.74, 6) is 1.11. The summed E-state index contributed by atoms with van der Waals surface area (Å²) in [4.78, 5) is 9.36. The van der Waals surface area contributed by atoms with E-state index in [4.69, 9.17) is 0 Å². The predicted octanol–water partition coefficient (Wildman–Crippen LogP) is 3.32. The van der Waals surface area contributed by atoms with Crippen LogP contribution < -0.4 is 4.90 Å². The highest BCUT2D eigenvalue weighted by molar-refractivity contribution is 5.86. The summed E-state index contributed by atoms with van der Waals surface area (Å²) >= 11 is 0. The van der Waals surface area contributed by atoms with E-state index in [1.807, 2.05) is 20.0 Å². The lowest BCUT2D eigenvalue weighted by Crippen LogP contribution is -2.44. The molecule has 1 aromatic heterocycles. The molecule has 0 bridgehead atoms. The molecule has 1 fully saturated rings. The second kappa shape index (κ2) is 6.71. The maximum atomic E-state index is 4.62. The number of anilines is 1. The number of aryl methyl sites for hydroxylation is 1. The average molecular weight is 271 g/mol. The molecule has 20 heavy (non-hydrogen) atoms. The van der Waals surface area contributed by atoms with Crippen LogP contribution in [0.15, 0.2) is 30.5 Å². The zero-order valence-corrected chi connectivity index (χ0v) is 13.1. The van der Waals surface area contributed by atoms with E-state index in [9.17, 15) is 0 Å². The molecule has 0 aliphatic carbocycles. The number of nitrogens with zero attached hydrogens (tertiary/aromatic N) is 3. The molecule has 108 valence electrons. The zero-order valence-electron chi connectivity index (χ0n) is 13.1. The van der Waals surface area contributed by atoms with E-state index in [2.05, 4.69) is 53.0 Å². The van der Waals surface area contributed by atoms with Gasteiger partial charge in [-0.1, -0.05) is 32.0 Å². The lowest BCUT2D eigenvalue weighted by molar-refractivity contribution is 0.312. The van der Waals surface area contributed by atoms with Crippen molar-refractivity contribution in [1.29, 1.82) is 0 Å². The summed E-state index contributed by atoms with van der Waals surface area (Å²) in [6.45, 7) is 10.5. The first-order valence-electron chi connectivity index (χ1n) is 7.53. The molecule has 0 radical (unpaired) electrons. The van der Waals surface area contributed by atoms with Crippen LogP contribution in [0.25, 0.3) is 10.8 Å². The molecule has 3 rings (SSSR count). The monoisotopic (exact) mass is 271 g/mol. The summed E-state index contributed by atoms with van der Waals surface area (Å²) in [6, 6.07) is 8.64. The Hall–Kier alpha value is -1.61. The van der Waals surface area contributed by atoms with Gasteiger partial charge in [0.25, 0.3) is 0 Å². The fourth-order valence-electron chi connectivity index (χ4n) is 2.52. The van der Waals surface area contributed by atoms with Crippen LogP contribution >= 0.6 is 0 Å². The number of hydrogen-bond acceptors (Lipinski definition) is 3. The highest BCUT2D eigenvalue weighted by atomic mass is 15.3. The molecule has 2 heterocycles. The van der Waals surface area contributed by atoms with Gasteiger partial charge in [0.2, 0.25) is 0 Å².